The first-order valence-corrected chi connectivity index (χ1v) is 11.9. The first kappa shape index (κ1) is 23.4. The monoisotopic (exact) mass is 506 g/mol. The van der Waals surface area contributed by atoms with Crippen molar-refractivity contribution in [3.05, 3.63) is 79.0 Å². The fourth-order valence-electron chi connectivity index (χ4n) is 4.42. The number of aromatic nitrogens is 6. The van der Waals surface area contributed by atoms with Crippen LogP contribution in [0.25, 0.3) is 55.8 Å². The molecule has 188 valence electrons. The fraction of sp³-hybridized carbons (Fsp3) is 0.107. The van der Waals surface area contributed by atoms with E-state index in [1.807, 2.05) is 44.4 Å². The first-order valence-electron chi connectivity index (χ1n) is 11.9. The summed E-state index contributed by atoms with van der Waals surface area (Å²) in [5, 5.41) is 11.3. The van der Waals surface area contributed by atoms with Gasteiger partial charge < -0.3 is 15.2 Å². The topological polar surface area (TPSA) is 115 Å². The molecule has 1 amide bonds. The molecule has 0 saturated carbocycles. The molecule has 5 aromatic heterocycles. The minimum atomic E-state index is -0.282. The number of hydrogen-bond donors (Lipinski definition) is 3. The van der Waals surface area contributed by atoms with Gasteiger partial charge in [-0.15, -0.1) is 0 Å². The van der Waals surface area contributed by atoms with Gasteiger partial charge in [0.1, 0.15) is 22.7 Å². The fourth-order valence-corrected chi connectivity index (χ4v) is 4.42. The van der Waals surface area contributed by atoms with Gasteiger partial charge in [-0.05, 0) is 67.7 Å². The van der Waals surface area contributed by atoms with Gasteiger partial charge >= 0.3 is 0 Å². The molecule has 0 aliphatic heterocycles. The lowest BCUT2D eigenvalue weighted by molar-refractivity contribution is -0.116. The Morgan fingerprint density at radius 1 is 1.03 bits per heavy atom. The summed E-state index contributed by atoms with van der Waals surface area (Å²) in [7, 11) is 3.67. The lowest BCUT2D eigenvalue weighted by Crippen LogP contribution is -2.27. The van der Waals surface area contributed by atoms with E-state index in [0.29, 0.717) is 28.2 Å². The molecule has 0 aliphatic rings. The van der Waals surface area contributed by atoms with Crippen LogP contribution in [0.4, 0.5) is 10.1 Å². The zero-order chi connectivity index (χ0) is 26.2. The average Bonchev–Trinajstić information content (AvgIpc) is 3.52. The molecule has 38 heavy (non-hydrogen) atoms. The second-order valence-electron chi connectivity index (χ2n) is 9.22. The highest BCUT2D eigenvalue weighted by atomic mass is 19.1. The van der Waals surface area contributed by atoms with Crippen LogP contribution in [0.3, 0.4) is 0 Å². The van der Waals surface area contributed by atoms with Crippen molar-refractivity contribution in [1.82, 2.24) is 35.0 Å². The van der Waals surface area contributed by atoms with E-state index in [0.717, 1.165) is 33.3 Å². The zero-order valence-corrected chi connectivity index (χ0v) is 20.7. The van der Waals surface area contributed by atoms with Gasteiger partial charge in [0.15, 0.2) is 0 Å². The Hall–Kier alpha value is -4.96. The number of carbonyl (C=O) groups is 1. The summed E-state index contributed by atoms with van der Waals surface area (Å²) in [5.74, 6) is -0.405. The SMILES string of the molecule is CN(C)CC(=O)Nc1cncc(-c2ccc3[nH]nc(-c4cc5c(-c6ccc(F)cc6)ccnc5[nH]4)c3n2)c1. The van der Waals surface area contributed by atoms with Crippen molar-refractivity contribution in [3.8, 4) is 33.8 Å². The molecule has 5 heterocycles. The predicted octanol–water partition coefficient (Wildman–Crippen LogP) is 4.87. The van der Waals surface area contributed by atoms with Crippen molar-refractivity contribution < 1.29 is 9.18 Å². The summed E-state index contributed by atoms with van der Waals surface area (Å²) in [5.41, 5.74) is 7.42. The molecule has 0 radical (unpaired) electrons. The summed E-state index contributed by atoms with van der Waals surface area (Å²) < 4.78 is 13.5. The zero-order valence-electron chi connectivity index (χ0n) is 20.7. The number of carbonyl (C=O) groups excluding carboxylic acids is 1. The van der Waals surface area contributed by atoms with Crippen LogP contribution in [0.15, 0.2) is 73.2 Å². The molecule has 0 spiro atoms. The number of nitrogens with one attached hydrogen (secondary N) is 3. The first-order chi connectivity index (χ1) is 18.4. The van der Waals surface area contributed by atoms with Crippen molar-refractivity contribution in [2.75, 3.05) is 26.0 Å². The number of anilines is 1. The number of pyridine rings is 3. The van der Waals surface area contributed by atoms with Crippen molar-refractivity contribution in [2.24, 2.45) is 0 Å². The number of hydrogen-bond acceptors (Lipinski definition) is 6. The number of H-pyrrole nitrogens is 2. The number of rotatable bonds is 6. The van der Waals surface area contributed by atoms with Gasteiger partial charge in [-0.2, -0.15) is 5.10 Å². The van der Waals surface area contributed by atoms with E-state index in [-0.39, 0.29) is 18.3 Å². The van der Waals surface area contributed by atoms with Crippen LogP contribution >= 0.6 is 0 Å². The van der Waals surface area contributed by atoms with E-state index in [9.17, 15) is 9.18 Å². The number of aromatic amines is 2. The smallest absolute Gasteiger partial charge is 0.238 e. The summed E-state index contributed by atoms with van der Waals surface area (Å²) in [4.78, 5) is 31.0. The molecule has 0 unspecified atom stereocenters. The summed E-state index contributed by atoms with van der Waals surface area (Å²) >= 11 is 0. The van der Waals surface area contributed by atoms with Crippen LogP contribution < -0.4 is 5.32 Å². The Labute approximate surface area is 216 Å². The summed E-state index contributed by atoms with van der Waals surface area (Å²) in [6.07, 6.45) is 5.03. The molecular weight excluding hydrogens is 483 g/mol. The molecule has 10 heteroatoms. The van der Waals surface area contributed by atoms with Gasteiger partial charge in [0.05, 0.1) is 35.3 Å². The molecule has 0 fully saturated rings. The van der Waals surface area contributed by atoms with Crippen LogP contribution in [-0.2, 0) is 4.79 Å². The third kappa shape index (κ3) is 4.48. The number of amides is 1. The molecule has 3 N–H and O–H groups in total. The molecule has 0 atom stereocenters. The number of benzene rings is 1. The molecule has 0 aliphatic carbocycles. The van der Waals surface area contributed by atoms with E-state index in [2.05, 4.69) is 30.5 Å². The Morgan fingerprint density at radius 2 is 1.87 bits per heavy atom. The van der Waals surface area contributed by atoms with Crippen LogP contribution in [0.5, 0.6) is 0 Å². The standard InChI is InChI=1S/C28H23FN8O/c1-37(2)15-25(38)32-19-11-17(13-30-14-19)22-7-8-23-26(33-22)27(36-35-23)24-12-21-20(9-10-31-28(21)34-24)16-3-5-18(29)6-4-16/h3-14H,15H2,1-2H3,(H,31,34)(H,32,38)(H,35,36). The van der Waals surface area contributed by atoms with E-state index < -0.39 is 0 Å². The quantitative estimate of drug-likeness (QED) is 0.297. The van der Waals surface area contributed by atoms with Crippen molar-refractivity contribution in [1.29, 1.82) is 0 Å². The third-order valence-corrected chi connectivity index (χ3v) is 6.13. The van der Waals surface area contributed by atoms with Gasteiger partial charge in [0, 0.05) is 23.3 Å². The second-order valence-corrected chi connectivity index (χ2v) is 9.22. The third-order valence-electron chi connectivity index (χ3n) is 6.13. The number of nitrogens with zero attached hydrogens (tertiary/aromatic N) is 5. The highest BCUT2D eigenvalue weighted by molar-refractivity contribution is 5.99. The van der Waals surface area contributed by atoms with E-state index in [4.69, 9.17) is 4.98 Å². The Kier molecular flexibility index (Phi) is 5.85. The normalized spacial score (nSPS) is 11.5. The average molecular weight is 507 g/mol. The van der Waals surface area contributed by atoms with Crippen molar-refractivity contribution in [2.45, 2.75) is 0 Å². The van der Waals surface area contributed by atoms with E-state index >= 15 is 0 Å². The van der Waals surface area contributed by atoms with Crippen molar-refractivity contribution >= 4 is 33.7 Å². The second kappa shape index (κ2) is 9.49. The lowest BCUT2D eigenvalue weighted by Gasteiger charge is -2.10. The molecule has 9 nitrogen and oxygen atoms in total. The Bertz CT molecular complexity index is 1790. The minimum Gasteiger partial charge on any atom is -0.338 e. The molecular formula is C28H23FN8O. The molecule has 0 bridgehead atoms. The van der Waals surface area contributed by atoms with Crippen LogP contribution in [0.1, 0.15) is 0 Å². The summed E-state index contributed by atoms with van der Waals surface area (Å²) in [6.45, 7) is 0.273. The van der Waals surface area contributed by atoms with Gasteiger partial charge in [-0.3, -0.25) is 14.9 Å². The van der Waals surface area contributed by atoms with Gasteiger partial charge in [0.25, 0.3) is 0 Å². The number of likely N-dealkylation sites (N-methyl/N-ethyl adjacent to an activating group) is 1. The molecule has 6 rings (SSSR count). The van der Waals surface area contributed by atoms with Crippen molar-refractivity contribution in [3.63, 3.8) is 0 Å². The lowest BCUT2D eigenvalue weighted by atomic mass is 10.0. The van der Waals surface area contributed by atoms with Crippen LogP contribution in [0.2, 0.25) is 0 Å². The Balaban J connectivity index is 1.38. The van der Waals surface area contributed by atoms with Crippen LogP contribution in [-0.4, -0.2) is 61.6 Å². The largest absolute Gasteiger partial charge is 0.338 e. The maximum atomic E-state index is 13.5. The number of fused-ring (bicyclic) bond motifs is 2. The number of halogens is 1. The Morgan fingerprint density at radius 3 is 2.68 bits per heavy atom. The van der Waals surface area contributed by atoms with Gasteiger partial charge in [-0.1, -0.05) is 12.1 Å². The predicted molar refractivity (Wildman–Crippen MR) is 145 cm³/mol. The maximum Gasteiger partial charge on any atom is 0.238 e. The van der Waals surface area contributed by atoms with E-state index in [1.165, 1.54) is 12.1 Å². The van der Waals surface area contributed by atoms with Gasteiger partial charge in [0.2, 0.25) is 5.91 Å². The molecule has 1 aromatic carbocycles. The highest BCUT2D eigenvalue weighted by Crippen LogP contribution is 2.33. The van der Waals surface area contributed by atoms with E-state index in [1.54, 1.807) is 35.6 Å². The van der Waals surface area contributed by atoms with Gasteiger partial charge in [-0.25, -0.2) is 14.4 Å². The highest BCUT2D eigenvalue weighted by Gasteiger charge is 2.16. The maximum absolute atomic E-state index is 13.5. The van der Waals surface area contributed by atoms with Crippen LogP contribution in [0, 0.1) is 5.82 Å². The molecule has 0 saturated heterocycles. The molecule has 6 aromatic rings. The minimum absolute atomic E-state index is 0.123. The summed E-state index contributed by atoms with van der Waals surface area (Å²) in [6, 6.07) is 15.9.